The molecule has 1 aliphatic rings. The number of fused-ring (bicyclic) bond motifs is 1. The third-order valence-corrected chi connectivity index (χ3v) is 4.71. The molecule has 4 N–H and O–H groups in total. The number of aromatic nitrogens is 4. The molecule has 0 spiro atoms. The van der Waals surface area contributed by atoms with Gasteiger partial charge in [-0.05, 0) is 17.7 Å². The van der Waals surface area contributed by atoms with E-state index in [-0.39, 0.29) is 12.4 Å². The number of nitrogens with two attached hydrogens (primary N) is 1. The van der Waals surface area contributed by atoms with Crippen LogP contribution >= 0.6 is 0 Å². The van der Waals surface area contributed by atoms with Crippen LogP contribution in [0.4, 0.5) is 5.82 Å². The third kappa shape index (κ3) is 3.38. The van der Waals surface area contributed by atoms with Crippen LogP contribution in [-0.2, 0) is 16.1 Å². The van der Waals surface area contributed by atoms with Crippen molar-refractivity contribution in [3.8, 4) is 5.75 Å². The first-order chi connectivity index (χ1) is 13.6. The van der Waals surface area contributed by atoms with Crippen LogP contribution in [0.15, 0.2) is 36.9 Å². The first kappa shape index (κ1) is 18.6. The van der Waals surface area contributed by atoms with Crippen molar-refractivity contribution >= 4 is 17.0 Å². The van der Waals surface area contributed by atoms with E-state index in [1.807, 2.05) is 24.3 Å². The fourth-order valence-electron chi connectivity index (χ4n) is 3.17. The van der Waals surface area contributed by atoms with Crippen molar-refractivity contribution in [3.63, 3.8) is 0 Å². The predicted octanol–water partition coefficient (Wildman–Crippen LogP) is 0.253. The Morgan fingerprint density at radius 3 is 2.68 bits per heavy atom. The van der Waals surface area contributed by atoms with Gasteiger partial charge in [0, 0.05) is 0 Å². The largest absolute Gasteiger partial charge is 0.497 e. The molecular weight excluding hydrogens is 366 g/mol. The van der Waals surface area contributed by atoms with Crippen LogP contribution in [0.25, 0.3) is 11.2 Å². The Bertz CT molecular complexity index is 947. The summed E-state index contributed by atoms with van der Waals surface area (Å²) in [6, 6.07) is 7.47. The van der Waals surface area contributed by atoms with Crippen molar-refractivity contribution in [2.45, 2.75) is 31.1 Å². The van der Waals surface area contributed by atoms with Crippen molar-refractivity contribution < 1.29 is 24.4 Å². The number of methoxy groups -OCH3 is 1. The molecule has 1 aromatic carbocycles. The predicted molar refractivity (Wildman–Crippen MR) is 98.3 cm³/mol. The SMILES string of the molecule is COc1ccc(COC[C@H]2O[C@@H](n3cnc4c(N)ncnc43)[C@H](O)[C@@H]2O)cc1. The zero-order chi connectivity index (χ0) is 19.7. The van der Waals surface area contributed by atoms with Gasteiger partial charge < -0.3 is 30.2 Å². The van der Waals surface area contributed by atoms with Crippen LogP contribution < -0.4 is 10.5 Å². The molecule has 3 aromatic rings. The molecule has 0 amide bonds. The second-order valence-electron chi connectivity index (χ2n) is 6.49. The molecule has 1 aliphatic heterocycles. The maximum Gasteiger partial charge on any atom is 0.167 e. The summed E-state index contributed by atoms with van der Waals surface area (Å²) in [5.74, 6) is 0.998. The minimum Gasteiger partial charge on any atom is -0.497 e. The van der Waals surface area contributed by atoms with E-state index in [2.05, 4.69) is 15.0 Å². The maximum absolute atomic E-state index is 10.4. The van der Waals surface area contributed by atoms with Gasteiger partial charge in [-0.25, -0.2) is 15.0 Å². The number of nitrogens with zero attached hydrogens (tertiary/aromatic N) is 4. The Morgan fingerprint density at radius 1 is 1.14 bits per heavy atom. The van der Waals surface area contributed by atoms with Crippen LogP contribution in [0, 0.1) is 0 Å². The van der Waals surface area contributed by atoms with E-state index in [0.717, 1.165) is 11.3 Å². The highest BCUT2D eigenvalue weighted by atomic mass is 16.6. The summed E-state index contributed by atoms with van der Waals surface area (Å²) >= 11 is 0. The topological polar surface area (TPSA) is 138 Å². The Labute approximate surface area is 160 Å². The van der Waals surface area contributed by atoms with Gasteiger partial charge in [0.1, 0.15) is 35.9 Å². The quantitative estimate of drug-likeness (QED) is 0.543. The van der Waals surface area contributed by atoms with E-state index in [1.54, 1.807) is 7.11 Å². The molecule has 0 radical (unpaired) electrons. The smallest absolute Gasteiger partial charge is 0.167 e. The average Bonchev–Trinajstić information content (AvgIpc) is 3.26. The molecule has 0 saturated carbocycles. The highest BCUT2D eigenvalue weighted by Gasteiger charge is 2.44. The van der Waals surface area contributed by atoms with Gasteiger partial charge in [0.2, 0.25) is 0 Å². The zero-order valence-electron chi connectivity index (χ0n) is 15.2. The van der Waals surface area contributed by atoms with Gasteiger partial charge in [-0.1, -0.05) is 12.1 Å². The lowest BCUT2D eigenvalue weighted by Gasteiger charge is -2.16. The summed E-state index contributed by atoms with van der Waals surface area (Å²) in [6.45, 7) is 0.458. The van der Waals surface area contributed by atoms with Crippen molar-refractivity contribution in [2.75, 3.05) is 19.5 Å². The number of anilines is 1. The molecule has 1 fully saturated rings. The number of nitrogen functional groups attached to an aromatic ring is 1. The molecule has 4 rings (SSSR count). The fourth-order valence-corrected chi connectivity index (χ4v) is 3.17. The van der Waals surface area contributed by atoms with Gasteiger partial charge in [0.05, 0.1) is 26.7 Å². The van der Waals surface area contributed by atoms with Crippen molar-refractivity contribution in [1.29, 1.82) is 0 Å². The van der Waals surface area contributed by atoms with E-state index in [9.17, 15) is 10.2 Å². The Kier molecular flexibility index (Phi) is 5.09. The molecule has 0 unspecified atom stereocenters. The molecule has 10 heteroatoms. The highest BCUT2D eigenvalue weighted by Crippen LogP contribution is 2.32. The summed E-state index contributed by atoms with van der Waals surface area (Å²) in [7, 11) is 1.61. The van der Waals surface area contributed by atoms with E-state index in [0.29, 0.717) is 17.8 Å². The lowest BCUT2D eigenvalue weighted by Crippen LogP contribution is -2.33. The van der Waals surface area contributed by atoms with Gasteiger partial charge in [-0.2, -0.15) is 0 Å². The maximum atomic E-state index is 10.4. The molecule has 4 atom stereocenters. The monoisotopic (exact) mass is 387 g/mol. The number of aliphatic hydroxyl groups is 2. The minimum atomic E-state index is -1.16. The van der Waals surface area contributed by atoms with E-state index >= 15 is 0 Å². The fraction of sp³-hybridized carbons (Fsp3) is 0.389. The Balaban J connectivity index is 1.41. The summed E-state index contributed by atoms with van der Waals surface area (Å²) in [5, 5.41) is 20.8. The Hall–Kier alpha value is -2.79. The molecule has 3 heterocycles. The summed E-state index contributed by atoms with van der Waals surface area (Å²) in [4.78, 5) is 12.2. The highest BCUT2D eigenvalue weighted by molar-refractivity contribution is 5.81. The number of hydrogen-bond donors (Lipinski definition) is 3. The number of benzene rings is 1. The van der Waals surface area contributed by atoms with Crippen LogP contribution in [0.1, 0.15) is 11.8 Å². The zero-order valence-corrected chi connectivity index (χ0v) is 15.2. The summed E-state index contributed by atoms with van der Waals surface area (Å²) in [5.41, 5.74) is 7.58. The standard InChI is InChI=1S/C18H21N5O5/c1-26-11-4-2-10(3-5-11)6-27-7-12-14(24)15(25)18(28-12)23-9-22-13-16(19)20-8-21-17(13)23/h2-5,8-9,12,14-15,18,24-25H,6-7H2,1H3,(H2,19,20,21)/t12-,14-,15-,18-/m1/s1. The van der Waals surface area contributed by atoms with E-state index < -0.39 is 24.5 Å². The van der Waals surface area contributed by atoms with Gasteiger partial charge in [0.25, 0.3) is 0 Å². The summed E-state index contributed by atoms with van der Waals surface area (Å²) < 4.78 is 18.1. The molecule has 0 bridgehead atoms. The average molecular weight is 387 g/mol. The minimum absolute atomic E-state index is 0.116. The van der Waals surface area contributed by atoms with E-state index in [4.69, 9.17) is 19.9 Å². The van der Waals surface area contributed by atoms with Gasteiger partial charge in [-0.15, -0.1) is 0 Å². The lowest BCUT2D eigenvalue weighted by atomic mass is 10.1. The van der Waals surface area contributed by atoms with Crippen molar-refractivity contribution in [2.24, 2.45) is 0 Å². The Morgan fingerprint density at radius 2 is 1.93 bits per heavy atom. The third-order valence-electron chi connectivity index (χ3n) is 4.71. The van der Waals surface area contributed by atoms with Gasteiger partial charge >= 0.3 is 0 Å². The van der Waals surface area contributed by atoms with Crippen LogP contribution in [0.3, 0.4) is 0 Å². The van der Waals surface area contributed by atoms with Gasteiger partial charge in [0.15, 0.2) is 17.7 Å². The second kappa shape index (κ2) is 7.68. The van der Waals surface area contributed by atoms with Crippen LogP contribution in [-0.4, -0.2) is 61.8 Å². The molecule has 28 heavy (non-hydrogen) atoms. The molecule has 0 aliphatic carbocycles. The molecule has 1 saturated heterocycles. The molecule has 10 nitrogen and oxygen atoms in total. The normalized spacial score (nSPS) is 24.7. The lowest BCUT2D eigenvalue weighted by molar-refractivity contribution is -0.0682. The van der Waals surface area contributed by atoms with Crippen molar-refractivity contribution in [3.05, 3.63) is 42.5 Å². The number of rotatable bonds is 6. The van der Waals surface area contributed by atoms with Crippen LogP contribution in [0.5, 0.6) is 5.75 Å². The van der Waals surface area contributed by atoms with Gasteiger partial charge in [-0.3, -0.25) is 4.57 Å². The van der Waals surface area contributed by atoms with Crippen molar-refractivity contribution in [1.82, 2.24) is 19.5 Å². The second-order valence-corrected chi connectivity index (χ2v) is 6.49. The summed E-state index contributed by atoms with van der Waals surface area (Å²) in [6.07, 6.45) is -1.07. The number of ether oxygens (including phenoxy) is 3. The molecule has 2 aromatic heterocycles. The number of aliphatic hydroxyl groups excluding tert-OH is 2. The first-order valence-electron chi connectivity index (χ1n) is 8.73. The number of hydrogen-bond acceptors (Lipinski definition) is 9. The van der Waals surface area contributed by atoms with E-state index in [1.165, 1.54) is 17.2 Å². The molecular formula is C18H21N5O5. The van der Waals surface area contributed by atoms with Crippen LogP contribution in [0.2, 0.25) is 0 Å². The first-order valence-corrected chi connectivity index (χ1v) is 8.73. The number of imidazole rings is 1. The molecule has 148 valence electrons.